The average molecular weight is 247 g/mol. The van der Waals surface area contributed by atoms with E-state index in [4.69, 9.17) is 11.6 Å². The van der Waals surface area contributed by atoms with Crippen molar-refractivity contribution in [2.75, 3.05) is 32.6 Å². The summed E-state index contributed by atoms with van der Waals surface area (Å²) < 4.78 is 0. The number of unbranched alkanes of at least 4 members (excludes halogenated alkanes) is 2. The van der Waals surface area contributed by atoms with Crippen LogP contribution in [0.25, 0.3) is 0 Å². The van der Waals surface area contributed by atoms with Crippen LogP contribution in [0.4, 0.5) is 0 Å². The molecule has 0 aromatic heterocycles. The molecule has 3 nitrogen and oxygen atoms in total. The number of carbonyl (C=O) groups is 1. The molecule has 0 saturated carbocycles. The molecule has 0 aliphatic heterocycles. The molecular formula is C12H23ClN2O. The molecule has 0 spiro atoms. The Hall–Kier alpha value is -0.540. The highest BCUT2D eigenvalue weighted by Crippen LogP contribution is 1.99. The van der Waals surface area contributed by atoms with E-state index in [1.807, 2.05) is 0 Å². The minimum absolute atomic E-state index is 0.0928. The van der Waals surface area contributed by atoms with Gasteiger partial charge in [-0.25, -0.2) is 0 Å². The van der Waals surface area contributed by atoms with Crippen LogP contribution in [0, 0.1) is 0 Å². The van der Waals surface area contributed by atoms with Crippen molar-refractivity contribution >= 4 is 17.5 Å². The van der Waals surface area contributed by atoms with E-state index in [0.717, 1.165) is 38.4 Å². The van der Waals surface area contributed by atoms with E-state index in [0.29, 0.717) is 0 Å². The third-order valence-corrected chi connectivity index (χ3v) is 2.64. The number of alkyl halides is 1. The van der Waals surface area contributed by atoms with Crippen molar-refractivity contribution in [1.29, 1.82) is 0 Å². The van der Waals surface area contributed by atoms with Crippen LogP contribution >= 0.6 is 11.6 Å². The normalized spacial score (nSPS) is 10.4. The summed E-state index contributed by atoms with van der Waals surface area (Å²) in [6.07, 6.45) is 5.77. The van der Waals surface area contributed by atoms with E-state index in [1.165, 1.54) is 18.9 Å². The number of halogens is 1. The summed E-state index contributed by atoms with van der Waals surface area (Å²) >= 11 is 5.60. The SMILES string of the molecule is C=CC(=O)NCCCN(C)CCCCCCl. The Balaban J connectivity index is 3.26. The van der Waals surface area contributed by atoms with Gasteiger partial charge in [0.1, 0.15) is 0 Å². The number of rotatable bonds is 10. The van der Waals surface area contributed by atoms with Gasteiger partial charge in [0.15, 0.2) is 0 Å². The number of nitrogens with zero attached hydrogens (tertiary/aromatic N) is 1. The fourth-order valence-electron chi connectivity index (χ4n) is 1.40. The first kappa shape index (κ1) is 15.5. The first-order valence-corrected chi connectivity index (χ1v) is 6.39. The smallest absolute Gasteiger partial charge is 0.243 e. The molecule has 0 unspecified atom stereocenters. The molecular weight excluding hydrogens is 224 g/mol. The number of amides is 1. The second kappa shape index (κ2) is 11.0. The highest BCUT2D eigenvalue weighted by atomic mass is 35.5. The predicted molar refractivity (Wildman–Crippen MR) is 69.9 cm³/mol. The Morgan fingerprint density at radius 3 is 2.62 bits per heavy atom. The van der Waals surface area contributed by atoms with Crippen LogP contribution in [-0.2, 0) is 4.79 Å². The third-order valence-electron chi connectivity index (χ3n) is 2.37. The molecule has 1 amide bonds. The molecule has 0 bridgehead atoms. The lowest BCUT2D eigenvalue weighted by Crippen LogP contribution is -2.27. The van der Waals surface area contributed by atoms with Gasteiger partial charge >= 0.3 is 0 Å². The monoisotopic (exact) mass is 246 g/mol. The molecule has 0 radical (unpaired) electrons. The molecule has 0 atom stereocenters. The first-order chi connectivity index (χ1) is 7.70. The van der Waals surface area contributed by atoms with Gasteiger partial charge in [-0.1, -0.05) is 13.0 Å². The minimum Gasteiger partial charge on any atom is -0.353 e. The minimum atomic E-state index is -0.0928. The zero-order valence-corrected chi connectivity index (χ0v) is 10.9. The van der Waals surface area contributed by atoms with Crippen molar-refractivity contribution in [3.8, 4) is 0 Å². The van der Waals surface area contributed by atoms with Crippen LogP contribution in [0.1, 0.15) is 25.7 Å². The van der Waals surface area contributed by atoms with Gasteiger partial charge in [-0.3, -0.25) is 4.79 Å². The lowest BCUT2D eigenvalue weighted by atomic mass is 10.2. The summed E-state index contributed by atoms with van der Waals surface area (Å²) in [5, 5.41) is 2.76. The zero-order valence-electron chi connectivity index (χ0n) is 10.2. The lowest BCUT2D eigenvalue weighted by Gasteiger charge is -2.16. The summed E-state index contributed by atoms with van der Waals surface area (Å²) in [4.78, 5) is 13.1. The molecule has 0 aliphatic rings. The van der Waals surface area contributed by atoms with Gasteiger partial charge in [-0.2, -0.15) is 0 Å². The van der Waals surface area contributed by atoms with Crippen molar-refractivity contribution in [2.45, 2.75) is 25.7 Å². The maximum Gasteiger partial charge on any atom is 0.243 e. The summed E-state index contributed by atoms with van der Waals surface area (Å²) in [7, 11) is 2.11. The van der Waals surface area contributed by atoms with Gasteiger partial charge in [0.05, 0.1) is 0 Å². The summed E-state index contributed by atoms with van der Waals surface area (Å²) in [6.45, 7) is 6.23. The molecule has 0 aromatic carbocycles. The standard InChI is InChI=1S/C12H23ClN2O/c1-3-12(16)14-9-7-11-15(2)10-6-4-5-8-13/h3H,1,4-11H2,2H3,(H,14,16). The van der Waals surface area contributed by atoms with Gasteiger partial charge in [-0.15, -0.1) is 11.6 Å². The highest BCUT2D eigenvalue weighted by molar-refractivity contribution is 6.17. The maximum atomic E-state index is 10.8. The lowest BCUT2D eigenvalue weighted by molar-refractivity contribution is -0.116. The Morgan fingerprint density at radius 2 is 2.00 bits per heavy atom. The molecule has 0 aromatic rings. The van der Waals surface area contributed by atoms with Crippen LogP contribution in [-0.4, -0.2) is 43.4 Å². The van der Waals surface area contributed by atoms with E-state index in [1.54, 1.807) is 0 Å². The summed E-state index contributed by atoms with van der Waals surface area (Å²) in [5.74, 6) is 0.668. The Labute approximate surface area is 104 Å². The molecule has 0 saturated heterocycles. The average Bonchev–Trinajstić information content (AvgIpc) is 2.30. The molecule has 0 rings (SSSR count). The van der Waals surface area contributed by atoms with Crippen molar-refractivity contribution in [1.82, 2.24) is 10.2 Å². The first-order valence-electron chi connectivity index (χ1n) is 5.85. The van der Waals surface area contributed by atoms with Crippen molar-refractivity contribution < 1.29 is 4.79 Å². The molecule has 0 fully saturated rings. The topological polar surface area (TPSA) is 32.3 Å². The Morgan fingerprint density at radius 1 is 1.31 bits per heavy atom. The molecule has 16 heavy (non-hydrogen) atoms. The van der Waals surface area contributed by atoms with E-state index in [2.05, 4.69) is 23.8 Å². The van der Waals surface area contributed by atoms with Gasteiger partial charge < -0.3 is 10.2 Å². The fraction of sp³-hybridized carbons (Fsp3) is 0.750. The van der Waals surface area contributed by atoms with Crippen LogP contribution in [0.3, 0.4) is 0 Å². The second-order valence-corrected chi connectivity index (χ2v) is 4.28. The van der Waals surface area contributed by atoms with E-state index < -0.39 is 0 Å². The van der Waals surface area contributed by atoms with Crippen LogP contribution in [0.5, 0.6) is 0 Å². The van der Waals surface area contributed by atoms with Crippen LogP contribution in [0.15, 0.2) is 12.7 Å². The number of carbonyl (C=O) groups excluding carboxylic acids is 1. The molecule has 4 heteroatoms. The fourth-order valence-corrected chi connectivity index (χ4v) is 1.59. The van der Waals surface area contributed by atoms with Crippen LogP contribution in [0.2, 0.25) is 0 Å². The van der Waals surface area contributed by atoms with E-state index in [-0.39, 0.29) is 5.91 Å². The Kier molecular flexibility index (Phi) is 10.6. The Bertz CT molecular complexity index is 197. The van der Waals surface area contributed by atoms with Gasteiger partial charge in [0.25, 0.3) is 0 Å². The van der Waals surface area contributed by atoms with Gasteiger partial charge in [0.2, 0.25) is 5.91 Å². The quantitative estimate of drug-likeness (QED) is 0.363. The molecule has 0 aliphatic carbocycles. The molecule has 0 heterocycles. The third kappa shape index (κ3) is 9.99. The largest absolute Gasteiger partial charge is 0.353 e. The number of nitrogens with one attached hydrogen (secondary N) is 1. The van der Waals surface area contributed by atoms with Crippen molar-refractivity contribution in [3.05, 3.63) is 12.7 Å². The second-order valence-electron chi connectivity index (χ2n) is 3.90. The number of hydrogen-bond acceptors (Lipinski definition) is 2. The number of hydrogen-bond donors (Lipinski definition) is 1. The zero-order chi connectivity index (χ0) is 12.2. The molecule has 94 valence electrons. The van der Waals surface area contributed by atoms with Gasteiger partial charge in [0, 0.05) is 12.4 Å². The predicted octanol–water partition coefficient (Wildman–Crippen LogP) is 2.02. The van der Waals surface area contributed by atoms with Gasteiger partial charge in [-0.05, 0) is 45.5 Å². The summed E-state index contributed by atoms with van der Waals surface area (Å²) in [6, 6.07) is 0. The maximum absolute atomic E-state index is 10.8. The van der Waals surface area contributed by atoms with Crippen molar-refractivity contribution in [3.63, 3.8) is 0 Å². The molecule has 1 N–H and O–H groups in total. The highest BCUT2D eigenvalue weighted by Gasteiger charge is 1.98. The van der Waals surface area contributed by atoms with E-state index in [9.17, 15) is 4.79 Å². The van der Waals surface area contributed by atoms with Crippen LogP contribution < -0.4 is 5.32 Å². The van der Waals surface area contributed by atoms with Crippen molar-refractivity contribution in [2.24, 2.45) is 0 Å². The summed E-state index contributed by atoms with van der Waals surface area (Å²) in [5.41, 5.74) is 0. The van der Waals surface area contributed by atoms with E-state index >= 15 is 0 Å².